The smallest absolute Gasteiger partial charge is 0.292 e. The van der Waals surface area contributed by atoms with Crippen molar-refractivity contribution < 1.29 is 9.21 Å². The quantitative estimate of drug-likeness (QED) is 0.384. The number of carbonyl (C=O) groups excluding carboxylic acids is 1. The Labute approximate surface area is 185 Å². The maximum Gasteiger partial charge on any atom is 0.292 e. The Morgan fingerprint density at radius 1 is 0.969 bits per heavy atom. The van der Waals surface area contributed by atoms with E-state index in [0.29, 0.717) is 35.9 Å². The van der Waals surface area contributed by atoms with E-state index in [1.807, 2.05) is 43.5 Å². The summed E-state index contributed by atoms with van der Waals surface area (Å²) in [6.07, 6.45) is 5.27. The molecule has 2 aromatic carbocycles. The standard InChI is InChI=1S/C26H22N4O2/c1-16-10-20-11-18(2-5-22(20)29-15-16)12-21-14-19(8-9-28-21)24(31)6-3-17-4-7-25-23(13-17)30-26(27)32-25/h2,4-5,7-11,13-15H,3,6,12H2,1H3,(H2,27,30). The average Bonchev–Trinajstić information content (AvgIpc) is 3.16. The Morgan fingerprint density at radius 3 is 2.75 bits per heavy atom. The molecule has 0 fully saturated rings. The number of nitrogen functional groups attached to an aromatic ring is 1. The van der Waals surface area contributed by atoms with Gasteiger partial charge in [-0.15, -0.1) is 0 Å². The number of aromatic nitrogens is 3. The molecule has 6 nitrogen and oxygen atoms in total. The molecule has 3 heterocycles. The number of fused-ring (bicyclic) bond motifs is 2. The van der Waals surface area contributed by atoms with Gasteiger partial charge in [-0.05, 0) is 72.5 Å². The molecule has 32 heavy (non-hydrogen) atoms. The number of benzene rings is 2. The minimum atomic E-state index is 0.0896. The molecule has 2 N–H and O–H groups in total. The first-order valence-electron chi connectivity index (χ1n) is 10.5. The summed E-state index contributed by atoms with van der Waals surface area (Å²) in [5, 5.41) is 1.11. The number of carbonyl (C=O) groups is 1. The number of aryl methyl sites for hydroxylation is 2. The molecule has 0 saturated heterocycles. The van der Waals surface area contributed by atoms with Gasteiger partial charge < -0.3 is 10.2 Å². The highest BCUT2D eigenvalue weighted by Gasteiger charge is 2.10. The van der Waals surface area contributed by atoms with Crippen molar-refractivity contribution in [3.63, 3.8) is 0 Å². The first kappa shape index (κ1) is 19.9. The number of Topliss-reactive ketones (excluding diaryl/α,β-unsaturated/α-hetero) is 1. The monoisotopic (exact) mass is 422 g/mol. The Hall–Kier alpha value is -4.06. The highest BCUT2D eigenvalue weighted by Crippen LogP contribution is 2.20. The minimum absolute atomic E-state index is 0.0896. The van der Waals surface area contributed by atoms with Gasteiger partial charge in [0.25, 0.3) is 6.01 Å². The molecule has 0 amide bonds. The molecule has 0 aliphatic carbocycles. The van der Waals surface area contributed by atoms with Gasteiger partial charge in [0.2, 0.25) is 0 Å². The predicted molar refractivity (Wildman–Crippen MR) is 125 cm³/mol. The molecule has 158 valence electrons. The van der Waals surface area contributed by atoms with E-state index in [9.17, 15) is 4.79 Å². The molecule has 0 spiro atoms. The maximum absolute atomic E-state index is 12.8. The Kier molecular flexibility index (Phi) is 5.11. The molecule has 0 aliphatic heterocycles. The second-order valence-electron chi connectivity index (χ2n) is 8.03. The van der Waals surface area contributed by atoms with Gasteiger partial charge in [-0.2, -0.15) is 4.98 Å². The van der Waals surface area contributed by atoms with Crippen LogP contribution in [0.2, 0.25) is 0 Å². The first-order valence-corrected chi connectivity index (χ1v) is 10.5. The molecule has 5 rings (SSSR count). The molecule has 6 heteroatoms. The summed E-state index contributed by atoms with van der Waals surface area (Å²) in [6.45, 7) is 2.04. The first-order chi connectivity index (χ1) is 15.5. The predicted octanol–water partition coefficient (Wildman–Crippen LogP) is 5.07. The molecule has 0 aliphatic rings. The molecule has 0 atom stereocenters. The third-order valence-electron chi connectivity index (χ3n) is 5.52. The van der Waals surface area contributed by atoms with Crippen LogP contribution in [0.4, 0.5) is 6.01 Å². The number of oxazole rings is 1. The Bertz CT molecular complexity index is 1460. The fourth-order valence-corrected chi connectivity index (χ4v) is 3.91. The maximum atomic E-state index is 12.8. The van der Waals surface area contributed by atoms with Crippen molar-refractivity contribution in [1.82, 2.24) is 15.0 Å². The fraction of sp³-hybridized carbons (Fsp3) is 0.154. The number of nitrogens with zero attached hydrogens (tertiary/aromatic N) is 3. The van der Waals surface area contributed by atoms with Crippen LogP contribution in [0.15, 0.2) is 71.4 Å². The SMILES string of the molecule is Cc1cnc2ccc(Cc3cc(C(=O)CCc4ccc5oc(N)nc5c4)ccn3)cc2c1. The molecule has 3 aromatic heterocycles. The Morgan fingerprint density at radius 2 is 1.84 bits per heavy atom. The number of rotatable bonds is 6. The van der Waals surface area contributed by atoms with E-state index in [-0.39, 0.29) is 11.8 Å². The lowest BCUT2D eigenvalue weighted by Crippen LogP contribution is -2.03. The zero-order chi connectivity index (χ0) is 22.1. The number of hydrogen-bond donors (Lipinski definition) is 1. The molecular weight excluding hydrogens is 400 g/mol. The van der Waals surface area contributed by atoms with E-state index in [2.05, 4.69) is 33.2 Å². The Balaban J connectivity index is 1.29. The van der Waals surface area contributed by atoms with Gasteiger partial charge in [-0.1, -0.05) is 12.1 Å². The van der Waals surface area contributed by atoms with E-state index in [0.717, 1.165) is 33.3 Å². The number of nitrogens with two attached hydrogens (primary N) is 1. The van der Waals surface area contributed by atoms with Crippen LogP contribution in [-0.2, 0) is 12.8 Å². The zero-order valence-corrected chi connectivity index (χ0v) is 17.7. The molecule has 5 aromatic rings. The van der Waals surface area contributed by atoms with Gasteiger partial charge in [0.05, 0.1) is 5.52 Å². The summed E-state index contributed by atoms with van der Waals surface area (Å²) in [5.41, 5.74) is 12.8. The lowest BCUT2D eigenvalue weighted by atomic mass is 10.0. The van der Waals surface area contributed by atoms with Gasteiger partial charge >= 0.3 is 0 Å². The van der Waals surface area contributed by atoms with Crippen LogP contribution >= 0.6 is 0 Å². The number of pyridine rings is 2. The third-order valence-corrected chi connectivity index (χ3v) is 5.52. The third kappa shape index (κ3) is 4.21. The number of hydrogen-bond acceptors (Lipinski definition) is 6. The summed E-state index contributed by atoms with van der Waals surface area (Å²) in [5.74, 6) is 0.0896. The second kappa shape index (κ2) is 8.23. The fourth-order valence-electron chi connectivity index (χ4n) is 3.91. The normalized spacial score (nSPS) is 11.3. The van der Waals surface area contributed by atoms with E-state index in [4.69, 9.17) is 10.2 Å². The van der Waals surface area contributed by atoms with Crippen LogP contribution in [-0.4, -0.2) is 20.7 Å². The van der Waals surface area contributed by atoms with Crippen LogP contribution in [0, 0.1) is 6.92 Å². The lowest BCUT2D eigenvalue weighted by Gasteiger charge is -2.06. The lowest BCUT2D eigenvalue weighted by molar-refractivity contribution is 0.0982. The van der Waals surface area contributed by atoms with Crippen LogP contribution in [0.25, 0.3) is 22.0 Å². The van der Waals surface area contributed by atoms with Crippen molar-refractivity contribution in [3.05, 3.63) is 94.9 Å². The van der Waals surface area contributed by atoms with Gasteiger partial charge in [0, 0.05) is 41.9 Å². The molecule has 0 radical (unpaired) electrons. The van der Waals surface area contributed by atoms with Gasteiger partial charge in [-0.3, -0.25) is 14.8 Å². The largest absolute Gasteiger partial charge is 0.424 e. The van der Waals surface area contributed by atoms with E-state index >= 15 is 0 Å². The summed E-state index contributed by atoms with van der Waals surface area (Å²) in [4.78, 5) is 25.9. The van der Waals surface area contributed by atoms with Crippen molar-refractivity contribution in [1.29, 1.82) is 0 Å². The van der Waals surface area contributed by atoms with E-state index in [1.165, 1.54) is 0 Å². The topological polar surface area (TPSA) is 94.9 Å². The highest BCUT2D eigenvalue weighted by atomic mass is 16.4. The minimum Gasteiger partial charge on any atom is -0.424 e. The van der Waals surface area contributed by atoms with Gasteiger partial charge in [-0.25, -0.2) is 0 Å². The zero-order valence-electron chi connectivity index (χ0n) is 17.7. The number of ketones is 1. The van der Waals surface area contributed by atoms with Gasteiger partial charge in [0.1, 0.15) is 5.52 Å². The second-order valence-corrected chi connectivity index (χ2v) is 8.03. The summed E-state index contributed by atoms with van der Waals surface area (Å²) in [7, 11) is 0. The van der Waals surface area contributed by atoms with Crippen molar-refractivity contribution in [2.45, 2.75) is 26.2 Å². The molecular formula is C26H22N4O2. The van der Waals surface area contributed by atoms with Crippen molar-refractivity contribution in [2.75, 3.05) is 5.73 Å². The van der Waals surface area contributed by atoms with Crippen LogP contribution in [0.3, 0.4) is 0 Å². The van der Waals surface area contributed by atoms with E-state index < -0.39 is 0 Å². The summed E-state index contributed by atoms with van der Waals surface area (Å²) >= 11 is 0. The average molecular weight is 422 g/mol. The number of anilines is 1. The van der Waals surface area contributed by atoms with Crippen molar-refractivity contribution in [3.8, 4) is 0 Å². The van der Waals surface area contributed by atoms with Crippen molar-refractivity contribution in [2.24, 2.45) is 0 Å². The van der Waals surface area contributed by atoms with E-state index in [1.54, 1.807) is 12.3 Å². The van der Waals surface area contributed by atoms with Crippen molar-refractivity contribution >= 4 is 33.8 Å². The summed E-state index contributed by atoms with van der Waals surface area (Å²) < 4.78 is 5.30. The van der Waals surface area contributed by atoms with Crippen LogP contribution < -0.4 is 5.73 Å². The molecule has 0 saturated carbocycles. The van der Waals surface area contributed by atoms with Crippen LogP contribution in [0.5, 0.6) is 0 Å². The highest BCUT2D eigenvalue weighted by molar-refractivity contribution is 5.96. The molecule has 0 bridgehead atoms. The van der Waals surface area contributed by atoms with Gasteiger partial charge in [0.15, 0.2) is 11.4 Å². The molecule has 0 unspecified atom stereocenters. The summed E-state index contributed by atoms with van der Waals surface area (Å²) in [6, 6.07) is 17.9. The van der Waals surface area contributed by atoms with Crippen LogP contribution in [0.1, 0.15) is 39.2 Å².